The van der Waals surface area contributed by atoms with Gasteiger partial charge in [0.1, 0.15) is 0 Å². The van der Waals surface area contributed by atoms with Crippen molar-refractivity contribution in [3.63, 3.8) is 0 Å². The van der Waals surface area contributed by atoms with Crippen molar-refractivity contribution in [2.45, 2.75) is 23.0 Å². The van der Waals surface area contributed by atoms with Crippen LogP contribution in [-0.2, 0) is 14.6 Å². The van der Waals surface area contributed by atoms with E-state index in [0.717, 1.165) is 11.1 Å². The molecule has 4 nitrogen and oxygen atoms in total. The SMILES string of the molecule is Cc1ccc(S(=O)(=O)C2C(C(=O)O)C2c2ccccc2)cc1. The molecular weight excluding hydrogens is 300 g/mol. The Balaban J connectivity index is 1.99. The van der Waals surface area contributed by atoms with Gasteiger partial charge in [-0.1, -0.05) is 48.0 Å². The number of carboxylic acid groups (broad SMARTS) is 1. The van der Waals surface area contributed by atoms with Crippen LogP contribution in [0.5, 0.6) is 0 Å². The van der Waals surface area contributed by atoms with Crippen LogP contribution in [0.4, 0.5) is 0 Å². The lowest BCUT2D eigenvalue weighted by molar-refractivity contribution is -0.138. The van der Waals surface area contributed by atoms with Crippen LogP contribution >= 0.6 is 0 Å². The molecule has 1 aliphatic carbocycles. The molecule has 0 bridgehead atoms. The van der Waals surface area contributed by atoms with Gasteiger partial charge in [0.15, 0.2) is 9.84 Å². The molecular formula is C17H16O4S. The van der Waals surface area contributed by atoms with E-state index in [1.165, 1.54) is 0 Å². The first-order chi connectivity index (χ1) is 10.4. The third-order valence-electron chi connectivity index (χ3n) is 4.13. The number of aryl methyl sites for hydroxylation is 1. The first-order valence-electron chi connectivity index (χ1n) is 7.01. The summed E-state index contributed by atoms with van der Waals surface area (Å²) >= 11 is 0. The summed E-state index contributed by atoms with van der Waals surface area (Å²) in [5, 5.41) is 8.45. The minimum Gasteiger partial charge on any atom is -0.481 e. The highest BCUT2D eigenvalue weighted by Gasteiger charge is 2.62. The molecule has 3 atom stereocenters. The van der Waals surface area contributed by atoms with Gasteiger partial charge in [0.05, 0.1) is 16.1 Å². The fourth-order valence-electron chi connectivity index (χ4n) is 2.92. The number of hydrogen-bond donors (Lipinski definition) is 1. The molecule has 0 radical (unpaired) electrons. The van der Waals surface area contributed by atoms with E-state index in [2.05, 4.69) is 0 Å². The molecule has 0 aliphatic heterocycles. The summed E-state index contributed by atoms with van der Waals surface area (Å²) in [5.74, 6) is -2.42. The summed E-state index contributed by atoms with van der Waals surface area (Å²) in [5.41, 5.74) is 1.72. The fourth-order valence-corrected chi connectivity index (χ4v) is 5.04. The predicted octanol–water partition coefficient (Wildman–Crippen LogP) is 2.64. The van der Waals surface area contributed by atoms with Gasteiger partial charge in [-0.3, -0.25) is 4.79 Å². The van der Waals surface area contributed by atoms with Gasteiger partial charge in [0, 0.05) is 5.92 Å². The zero-order valence-electron chi connectivity index (χ0n) is 12.0. The quantitative estimate of drug-likeness (QED) is 0.941. The van der Waals surface area contributed by atoms with E-state index in [4.69, 9.17) is 0 Å². The largest absolute Gasteiger partial charge is 0.481 e. The van der Waals surface area contributed by atoms with Gasteiger partial charge in [0.25, 0.3) is 0 Å². The Bertz CT molecular complexity index is 794. The predicted molar refractivity (Wildman–Crippen MR) is 82.5 cm³/mol. The van der Waals surface area contributed by atoms with Crippen LogP contribution in [0.25, 0.3) is 0 Å². The van der Waals surface area contributed by atoms with E-state index in [0.29, 0.717) is 0 Å². The molecule has 1 fully saturated rings. The number of carboxylic acids is 1. The highest BCUT2D eigenvalue weighted by molar-refractivity contribution is 7.92. The highest BCUT2D eigenvalue weighted by Crippen LogP contribution is 2.54. The zero-order valence-corrected chi connectivity index (χ0v) is 12.8. The second kappa shape index (κ2) is 5.25. The Labute approximate surface area is 129 Å². The van der Waals surface area contributed by atoms with Gasteiger partial charge >= 0.3 is 5.97 Å². The van der Waals surface area contributed by atoms with Crippen LogP contribution < -0.4 is 0 Å². The average Bonchev–Trinajstić information content (AvgIpc) is 3.25. The van der Waals surface area contributed by atoms with E-state index in [9.17, 15) is 18.3 Å². The Morgan fingerprint density at radius 1 is 1.00 bits per heavy atom. The number of rotatable bonds is 4. The first-order valence-corrected chi connectivity index (χ1v) is 8.56. The van der Waals surface area contributed by atoms with Crippen molar-refractivity contribution in [1.29, 1.82) is 0 Å². The zero-order chi connectivity index (χ0) is 15.9. The lowest BCUT2D eigenvalue weighted by atomic mass is 10.1. The fraction of sp³-hybridized carbons (Fsp3) is 0.235. The number of sulfone groups is 1. The molecule has 1 N–H and O–H groups in total. The van der Waals surface area contributed by atoms with E-state index in [1.54, 1.807) is 48.5 Å². The summed E-state index contributed by atoms with van der Waals surface area (Å²) < 4.78 is 25.5. The Hall–Kier alpha value is -2.14. The summed E-state index contributed by atoms with van der Waals surface area (Å²) in [6.45, 7) is 1.88. The van der Waals surface area contributed by atoms with Crippen molar-refractivity contribution in [2.75, 3.05) is 0 Å². The van der Waals surface area contributed by atoms with Gasteiger partial charge in [0.2, 0.25) is 0 Å². The normalized spacial score (nSPS) is 24.0. The van der Waals surface area contributed by atoms with Crippen molar-refractivity contribution in [3.05, 3.63) is 65.7 Å². The Morgan fingerprint density at radius 3 is 2.14 bits per heavy atom. The summed E-state index contributed by atoms with van der Waals surface area (Å²) in [6.07, 6.45) is 0. The van der Waals surface area contributed by atoms with Crippen LogP contribution in [0.2, 0.25) is 0 Å². The monoisotopic (exact) mass is 316 g/mol. The lowest BCUT2D eigenvalue weighted by Crippen LogP contribution is -2.13. The van der Waals surface area contributed by atoms with Crippen LogP contribution in [0.3, 0.4) is 0 Å². The maximum absolute atomic E-state index is 12.7. The molecule has 22 heavy (non-hydrogen) atoms. The number of aliphatic carboxylic acids is 1. The second-order valence-electron chi connectivity index (χ2n) is 5.62. The molecule has 1 saturated carbocycles. The molecule has 0 amide bonds. The van der Waals surface area contributed by atoms with Crippen molar-refractivity contribution in [2.24, 2.45) is 5.92 Å². The maximum atomic E-state index is 12.7. The summed E-state index contributed by atoms with van der Waals surface area (Å²) in [4.78, 5) is 11.6. The Morgan fingerprint density at radius 2 is 1.59 bits per heavy atom. The number of carbonyl (C=O) groups is 1. The van der Waals surface area contributed by atoms with Crippen molar-refractivity contribution in [3.8, 4) is 0 Å². The lowest BCUT2D eigenvalue weighted by Gasteiger charge is -2.04. The number of benzene rings is 2. The minimum absolute atomic E-state index is 0.188. The van der Waals surface area contributed by atoms with Crippen molar-refractivity contribution < 1.29 is 18.3 Å². The second-order valence-corrected chi connectivity index (χ2v) is 7.73. The molecule has 0 saturated heterocycles. The molecule has 2 aromatic rings. The van der Waals surface area contributed by atoms with Crippen molar-refractivity contribution in [1.82, 2.24) is 0 Å². The third kappa shape index (κ3) is 2.41. The molecule has 2 aromatic carbocycles. The standard InChI is InChI=1S/C17H16O4S/c1-11-7-9-13(10-8-11)22(20,21)16-14(15(16)17(18)19)12-5-3-2-4-6-12/h2-10,14-16H,1H3,(H,18,19). The first kappa shape index (κ1) is 14.8. The van der Waals surface area contributed by atoms with Gasteiger partial charge in [-0.15, -0.1) is 0 Å². The van der Waals surface area contributed by atoms with E-state index < -0.39 is 32.9 Å². The van der Waals surface area contributed by atoms with Crippen LogP contribution in [-0.4, -0.2) is 24.7 Å². The molecule has 0 heterocycles. The van der Waals surface area contributed by atoms with Crippen LogP contribution in [0.1, 0.15) is 17.0 Å². The van der Waals surface area contributed by atoms with E-state index in [-0.39, 0.29) is 4.90 Å². The molecule has 3 rings (SSSR count). The number of hydrogen-bond acceptors (Lipinski definition) is 3. The summed E-state index contributed by atoms with van der Waals surface area (Å²) in [7, 11) is -3.65. The third-order valence-corrected chi connectivity index (χ3v) is 6.36. The van der Waals surface area contributed by atoms with Gasteiger partial charge in [-0.25, -0.2) is 8.42 Å². The molecule has 3 unspecified atom stereocenters. The minimum atomic E-state index is -3.65. The highest BCUT2D eigenvalue weighted by atomic mass is 32.2. The van der Waals surface area contributed by atoms with Gasteiger partial charge in [-0.2, -0.15) is 0 Å². The van der Waals surface area contributed by atoms with Crippen LogP contribution in [0.15, 0.2) is 59.5 Å². The average molecular weight is 316 g/mol. The maximum Gasteiger partial charge on any atom is 0.308 e. The molecule has 0 aromatic heterocycles. The molecule has 5 heteroatoms. The molecule has 1 aliphatic rings. The van der Waals surface area contributed by atoms with E-state index >= 15 is 0 Å². The topological polar surface area (TPSA) is 71.4 Å². The Kier molecular flexibility index (Phi) is 3.53. The molecule has 0 spiro atoms. The van der Waals surface area contributed by atoms with Gasteiger partial charge in [-0.05, 0) is 24.6 Å². The van der Waals surface area contributed by atoms with Crippen LogP contribution in [0, 0.1) is 12.8 Å². The smallest absolute Gasteiger partial charge is 0.308 e. The molecule has 114 valence electrons. The van der Waals surface area contributed by atoms with Crippen molar-refractivity contribution >= 4 is 15.8 Å². The summed E-state index contributed by atoms with van der Waals surface area (Å²) in [6, 6.07) is 15.5. The van der Waals surface area contributed by atoms with E-state index in [1.807, 2.05) is 13.0 Å². The van der Waals surface area contributed by atoms with Gasteiger partial charge < -0.3 is 5.11 Å².